The van der Waals surface area contributed by atoms with E-state index in [1.807, 2.05) is 0 Å². The number of likely N-dealkylation sites (N-methyl/N-ethyl adjacent to an activating group) is 1. The molecule has 1 aromatic heterocycles. The monoisotopic (exact) mass is 283 g/mol. The fourth-order valence-corrected chi connectivity index (χ4v) is 2.20. The highest BCUT2D eigenvalue weighted by Crippen LogP contribution is 2.24. The first-order valence-corrected chi connectivity index (χ1v) is 7.51. The van der Waals surface area contributed by atoms with Crippen LogP contribution in [-0.2, 0) is 11.2 Å². The molecular weight excluding hydrogens is 254 g/mol. The molecule has 0 amide bonds. The lowest BCUT2D eigenvalue weighted by Gasteiger charge is -2.30. The first-order valence-electron chi connectivity index (χ1n) is 7.51. The molecule has 0 saturated heterocycles. The number of rotatable bonds is 8. The van der Waals surface area contributed by atoms with Gasteiger partial charge < -0.3 is 14.6 Å². The fourth-order valence-electron chi connectivity index (χ4n) is 2.20. The number of aromatic nitrogens is 2. The van der Waals surface area contributed by atoms with Crippen molar-refractivity contribution in [3.05, 3.63) is 11.7 Å². The molecule has 0 aliphatic rings. The van der Waals surface area contributed by atoms with E-state index in [1.165, 1.54) is 0 Å². The van der Waals surface area contributed by atoms with Gasteiger partial charge in [-0.15, -0.1) is 0 Å². The third-order valence-corrected chi connectivity index (χ3v) is 3.48. The van der Waals surface area contributed by atoms with Gasteiger partial charge in [-0.1, -0.05) is 46.2 Å². The van der Waals surface area contributed by atoms with E-state index in [-0.39, 0.29) is 11.5 Å². The van der Waals surface area contributed by atoms with Gasteiger partial charge >= 0.3 is 0 Å². The number of hydrogen-bond acceptors (Lipinski definition) is 5. The highest BCUT2D eigenvalue weighted by molar-refractivity contribution is 4.95. The van der Waals surface area contributed by atoms with Crippen molar-refractivity contribution in [2.45, 2.75) is 66.0 Å². The Balaban J connectivity index is 2.75. The van der Waals surface area contributed by atoms with Crippen LogP contribution in [0.4, 0.5) is 0 Å². The van der Waals surface area contributed by atoms with Crippen molar-refractivity contribution in [1.29, 1.82) is 0 Å². The molecule has 0 saturated carbocycles. The van der Waals surface area contributed by atoms with Crippen molar-refractivity contribution in [2.75, 3.05) is 13.7 Å². The zero-order valence-electron chi connectivity index (χ0n) is 13.7. The lowest BCUT2D eigenvalue weighted by Crippen LogP contribution is -2.41. The molecule has 1 N–H and O–H groups in total. The Labute approximate surface area is 122 Å². The molecule has 5 heteroatoms. The van der Waals surface area contributed by atoms with Gasteiger partial charge in [0.1, 0.15) is 6.10 Å². The Morgan fingerprint density at radius 2 is 2.00 bits per heavy atom. The number of methoxy groups -OCH3 is 1. The number of nitrogens with one attached hydrogen (secondary N) is 1. The maximum absolute atomic E-state index is 5.41. The lowest BCUT2D eigenvalue weighted by atomic mass is 9.84. The molecule has 1 aromatic rings. The van der Waals surface area contributed by atoms with Crippen molar-refractivity contribution in [1.82, 2.24) is 15.5 Å². The van der Waals surface area contributed by atoms with E-state index in [0.29, 0.717) is 17.8 Å². The summed E-state index contributed by atoms with van der Waals surface area (Å²) in [6.45, 7) is 11.8. The molecule has 1 rings (SSSR count). The molecule has 0 aliphatic heterocycles. The van der Waals surface area contributed by atoms with Crippen LogP contribution in [0.25, 0.3) is 0 Å². The molecule has 0 fully saturated rings. The van der Waals surface area contributed by atoms with Gasteiger partial charge in [-0.05, 0) is 18.4 Å². The molecule has 0 bridgehead atoms. The van der Waals surface area contributed by atoms with Crippen molar-refractivity contribution in [3.8, 4) is 0 Å². The van der Waals surface area contributed by atoms with Gasteiger partial charge in [0.05, 0.1) is 0 Å². The zero-order chi connectivity index (χ0) is 15.2. The lowest BCUT2D eigenvalue weighted by molar-refractivity contribution is 0.0854. The minimum absolute atomic E-state index is 0.0651. The summed E-state index contributed by atoms with van der Waals surface area (Å²) in [6.07, 6.45) is 2.62. The second-order valence-electron chi connectivity index (χ2n) is 6.24. The summed E-state index contributed by atoms with van der Waals surface area (Å²) in [5, 5.41) is 7.55. The summed E-state index contributed by atoms with van der Waals surface area (Å²) in [7, 11) is 1.69. The van der Waals surface area contributed by atoms with Crippen LogP contribution in [-0.4, -0.2) is 29.8 Å². The highest BCUT2D eigenvalue weighted by Gasteiger charge is 2.27. The van der Waals surface area contributed by atoms with Gasteiger partial charge in [-0.3, -0.25) is 0 Å². The van der Waals surface area contributed by atoms with E-state index in [4.69, 9.17) is 9.26 Å². The normalized spacial score (nSPS) is 15.3. The van der Waals surface area contributed by atoms with Crippen LogP contribution < -0.4 is 5.32 Å². The average molecular weight is 283 g/mol. The summed E-state index contributed by atoms with van der Waals surface area (Å²) in [5.41, 5.74) is 0.148. The smallest absolute Gasteiger partial charge is 0.228 e. The van der Waals surface area contributed by atoms with Crippen LogP contribution in [0, 0.1) is 5.41 Å². The maximum Gasteiger partial charge on any atom is 0.228 e. The SMILES string of the molecule is CCCC(OC)c1noc(CC(NCC)C(C)(C)C)n1. The van der Waals surface area contributed by atoms with Gasteiger partial charge in [0.15, 0.2) is 0 Å². The molecule has 2 unspecified atom stereocenters. The maximum atomic E-state index is 5.41. The summed E-state index contributed by atoms with van der Waals surface area (Å²) >= 11 is 0. The third-order valence-electron chi connectivity index (χ3n) is 3.48. The van der Waals surface area contributed by atoms with Crippen molar-refractivity contribution >= 4 is 0 Å². The first-order chi connectivity index (χ1) is 9.42. The number of nitrogens with zero attached hydrogens (tertiary/aromatic N) is 2. The predicted octanol–water partition coefficient (Wildman–Crippen LogP) is 3.12. The molecule has 0 aromatic carbocycles. The molecule has 0 spiro atoms. The molecule has 116 valence electrons. The Kier molecular flexibility index (Phi) is 6.62. The minimum atomic E-state index is -0.0651. The molecule has 5 nitrogen and oxygen atoms in total. The average Bonchev–Trinajstić information content (AvgIpc) is 2.82. The van der Waals surface area contributed by atoms with Crippen LogP contribution >= 0.6 is 0 Å². The van der Waals surface area contributed by atoms with E-state index in [0.717, 1.165) is 25.8 Å². The third kappa shape index (κ3) is 4.87. The van der Waals surface area contributed by atoms with Gasteiger partial charge in [0.25, 0.3) is 0 Å². The summed E-state index contributed by atoms with van der Waals surface area (Å²) in [6, 6.07) is 0.313. The van der Waals surface area contributed by atoms with Crippen molar-refractivity contribution < 1.29 is 9.26 Å². The molecular formula is C15H29N3O2. The van der Waals surface area contributed by atoms with Gasteiger partial charge in [0, 0.05) is 19.6 Å². The van der Waals surface area contributed by atoms with Gasteiger partial charge in [-0.25, -0.2) is 0 Å². The Hall–Kier alpha value is -0.940. The molecule has 1 heterocycles. The van der Waals surface area contributed by atoms with E-state index in [9.17, 15) is 0 Å². The van der Waals surface area contributed by atoms with Gasteiger partial charge in [0.2, 0.25) is 11.7 Å². The molecule has 2 atom stereocenters. The topological polar surface area (TPSA) is 60.2 Å². The van der Waals surface area contributed by atoms with E-state index in [1.54, 1.807) is 7.11 Å². The molecule has 0 radical (unpaired) electrons. The Morgan fingerprint density at radius 1 is 1.30 bits per heavy atom. The molecule has 20 heavy (non-hydrogen) atoms. The van der Waals surface area contributed by atoms with Crippen molar-refractivity contribution in [3.63, 3.8) is 0 Å². The summed E-state index contributed by atoms with van der Waals surface area (Å²) < 4.78 is 10.8. The largest absolute Gasteiger partial charge is 0.373 e. The Morgan fingerprint density at radius 3 is 2.50 bits per heavy atom. The second kappa shape index (κ2) is 7.74. The van der Waals surface area contributed by atoms with Crippen molar-refractivity contribution in [2.24, 2.45) is 5.41 Å². The van der Waals surface area contributed by atoms with Gasteiger partial charge in [-0.2, -0.15) is 4.98 Å². The summed E-state index contributed by atoms with van der Waals surface area (Å²) in [4.78, 5) is 4.49. The van der Waals surface area contributed by atoms with E-state index >= 15 is 0 Å². The van der Waals surface area contributed by atoms with Crippen LogP contribution in [0.3, 0.4) is 0 Å². The first kappa shape index (κ1) is 17.1. The quantitative estimate of drug-likeness (QED) is 0.794. The fraction of sp³-hybridized carbons (Fsp3) is 0.867. The highest BCUT2D eigenvalue weighted by atomic mass is 16.5. The van der Waals surface area contributed by atoms with Crippen LogP contribution in [0.15, 0.2) is 4.52 Å². The standard InChI is InChI=1S/C15H29N3O2/c1-7-9-11(19-6)14-17-13(20-18-14)10-12(16-8-2)15(3,4)5/h11-12,16H,7-10H2,1-6H3. The van der Waals surface area contributed by atoms with E-state index < -0.39 is 0 Å². The second-order valence-corrected chi connectivity index (χ2v) is 6.24. The molecule has 0 aliphatic carbocycles. The predicted molar refractivity (Wildman–Crippen MR) is 79.6 cm³/mol. The number of ether oxygens (including phenoxy) is 1. The van der Waals surface area contributed by atoms with Crippen LogP contribution in [0.5, 0.6) is 0 Å². The Bertz CT molecular complexity index is 385. The van der Waals surface area contributed by atoms with E-state index in [2.05, 4.69) is 50.1 Å². The van der Waals surface area contributed by atoms with Crippen LogP contribution in [0.1, 0.15) is 65.3 Å². The summed E-state index contributed by atoms with van der Waals surface area (Å²) in [5.74, 6) is 1.34. The number of hydrogen-bond donors (Lipinski definition) is 1. The van der Waals surface area contributed by atoms with Crippen LogP contribution in [0.2, 0.25) is 0 Å². The minimum Gasteiger partial charge on any atom is -0.373 e. The zero-order valence-corrected chi connectivity index (χ0v) is 13.7.